The zero-order chi connectivity index (χ0) is 8.60. The molecule has 1 N–H and O–H groups in total. The molecule has 0 aromatic heterocycles. The Labute approximate surface area is 83.7 Å². The summed E-state index contributed by atoms with van der Waals surface area (Å²) < 4.78 is 26.6. The first-order valence-electron chi connectivity index (χ1n) is 4.81. The highest BCUT2D eigenvalue weighted by Gasteiger charge is 2.47. The predicted octanol–water partition coefficient (Wildman–Crippen LogP) is 2.60. The van der Waals surface area contributed by atoms with Gasteiger partial charge in [-0.2, -0.15) is 0 Å². The van der Waals surface area contributed by atoms with E-state index in [0.717, 1.165) is 19.3 Å². The quantitative estimate of drug-likeness (QED) is 0.650. The third-order valence-electron chi connectivity index (χ3n) is 3.17. The minimum absolute atomic E-state index is 0. The number of nitrogens with one attached hydrogen (secondary N) is 1. The largest absolute Gasteiger partial charge is 0.313 e. The highest BCUT2D eigenvalue weighted by atomic mass is 35.5. The second kappa shape index (κ2) is 4.09. The molecule has 2 aliphatic rings. The fourth-order valence-electron chi connectivity index (χ4n) is 2.49. The molecule has 0 aromatic rings. The van der Waals surface area contributed by atoms with Gasteiger partial charge in [0.2, 0.25) is 0 Å². The van der Waals surface area contributed by atoms with Crippen molar-refractivity contribution in [1.29, 1.82) is 0 Å². The van der Waals surface area contributed by atoms with E-state index in [1.165, 1.54) is 0 Å². The number of fused-ring (bicyclic) bond motifs is 1. The third kappa shape index (κ3) is 2.13. The molecule has 0 radical (unpaired) electrons. The maximum atomic E-state index is 13.3. The molecule has 13 heavy (non-hydrogen) atoms. The van der Waals surface area contributed by atoms with Crippen LogP contribution in [0.5, 0.6) is 0 Å². The summed E-state index contributed by atoms with van der Waals surface area (Å²) in [5, 5.41) is 3.20. The van der Waals surface area contributed by atoms with E-state index in [2.05, 4.69) is 5.32 Å². The van der Waals surface area contributed by atoms with E-state index in [1.807, 2.05) is 0 Å². The molecule has 4 heteroatoms. The van der Waals surface area contributed by atoms with Crippen LogP contribution in [0.25, 0.3) is 0 Å². The average molecular weight is 212 g/mol. The second-order valence-electron chi connectivity index (χ2n) is 3.96. The fraction of sp³-hybridized carbons (Fsp3) is 1.00. The van der Waals surface area contributed by atoms with Crippen LogP contribution in [-0.4, -0.2) is 18.5 Å². The van der Waals surface area contributed by atoms with Crippen molar-refractivity contribution in [3.63, 3.8) is 0 Å². The Morgan fingerprint density at radius 1 is 1.15 bits per heavy atom. The van der Waals surface area contributed by atoms with Gasteiger partial charge in [-0.3, -0.25) is 0 Å². The van der Waals surface area contributed by atoms with E-state index in [0.29, 0.717) is 13.0 Å². The first-order chi connectivity index (χ1) is 5.70. The van der Waals surface area contributed by atoms with Crippen molar-refractivity contribution >= 4 is 12.4 Å². The zero-order valence-corrected chi connectivity index (χ0v) is 8.38. The molecule has 2 rings (SSSR count). The normalized spacial score (nSPS) is 37.4. The van der Waals surface area contributed by atoms with E-state index >= 15 is 0 Å². The molecule has 1 heterocycles. The van der Waals surface area contributed by atoms with E-state index in [-0.39, 0.29) is 30.8 Å². The van der Waals surface area contributed by atoms with E-state index in [4.69, 9.17) is 0 Å². The third-order valence-corrected chi connectivity index (χ3v) is 3.17. The Bertz CT molecular complexity index is 173. The van der Waals surface area contributed by atoms with E-state index in [9.17, 15) is 8.78 Å². The lowest BCUT2D eigenvalue weighted by Gasteiger charge is -2.41. The Balaban J connectivity index is 0.000000845. The van der Waals surface area contributed by atoms with Crippen LogP contribution < -0.4 is 5.32 Å². The summed E-state index contributed by atoms with van der Waals surface area (Å²) in [6, 6.07) is 0.0995. The molecule has 0 bridgehead atoms. The van der Waals surface area contributed by atoms with Crippen LogP contribution in [0.1, 0.15) is 32.1 Å². The number of hydrogen-bond donors (Lipinski definition) is 1. The molecular weight excluding hydrogens is 196 g/mol. The van der Waals surface area contributed by atoms with Crippen molar-refractivity contribution in [2.24, 2.45) is 5.92 Å². The molecule has 2 unspecified atom stereocenters. The first-order valence-corrected chi connectivity index (χ1v) is 4.81. The topological polar surface area (TPSA) is 12.0 Å². The Morgan fingerprint density at radius 2 is 1.85 bits per heavy atom. The van der Waals surface area contributed by atoms with Gasteiger partial charge in [0.25, 0.3) is 5.92 Å². The molecule has 0 spiro atoms. The zero-order valence-electron chi connectivity index (χ0n) is 7.56. The van der Waals surface area contributed by atoms with Crippen molar-refractivity contribution in [2.75, 3.05) is 6.54 Å². The average Bonchev–Trinajstić information content (AvgIpc) is 2.04. The Hall–Kier alpha value is 0.110. The number of piperidine rings is 1. The maximum absolute atomic E-state index is 13.3. The SMILES string of the molecule is Cl.FC1(F)CCNC2CCCCC21. The maximum Gasteiger partial charge on any atom is 0.253 e. The van der Waals surface area contributed by atoms with E-state index < -0.39 is 5.92 Å². The molecule has 2 fully saturated rings. The fourth-order valence-corrected chi connectivity index (χ4v) is 2.49. The monoisotopic (exact) mass is 211 g/mol. The van der Waals surface area contributed by atoms with Crippen LogP contribution in [0.4, 0.5) is 8.78 Å². The van der Waals surface area contributed by atoms with Gasteiger partial charge in [-0.15, -0.1) is 12.4 Å². The summed E-state index contributed by atoms with van der Waals surface area (Å²) in [5.74, 6) is -2.77. The van der Waals surface area contributed by atoms with Gasteiger partial charge in [-0.25, -0.2) is 8.78 Å². The smallest absolute Gasteiger partial charge is 0.253 e. The predicted molar refractivity (Wildman–Crippen MR) is 50.6 cm³/mol. The molecule has 0 aromatic carbocycles. The number of hydrogen-bond acceptors (Lipinski definition) is 1. The molecule has 1 aliphatic heterocycles. The van der Waals surface area contributed by atoms with Gasteiger partial charge in [-0.1, -0.05) is 12.8 Å². The molecule has 78 valence electrons. The van der Waals surface area contributed by atoms with Crippen LogP contribution in [0.15, 0.2) is 0 Å². The minimum Gasteiger partial charge on any atom is -0.313 e. The summed E-state index contributed by atoms with van der Waals surface area (Å²) >= 11 is 0. The lowest BCUT2D eigenvalue weighted by atomic mass is 9.77. The molecule has 2 atom stereocenters. The van der Waals surface area contributed by atoms with Crippen LogP contribution in [0.3, 0.4) is 0 Å². The van der Waals surface area contributed by atoms with Gasteiger partial charge in [0, 0.05) is 24.9 Å². The van der Waals surface area contributed by atoms with Gasteiger partial charge in [0.05, 0.1) is 0 Å². The summed E-state index contributed by atoms with van der Waals surface area (Å²) in [7, 11) is 0. The second-order valence-corrected chi connectivity index (χ2v) is 3.96. The molecule has 0 amide bonds. The summed E-state index contributed by atoms with van der Waals surface area (Å²) in [6.07, 6.45) is 3.79. The van der Waals surface area contributed by atoms with Gasteiger partial charge >= 0.3 is 0 Å². The van der Waals surface area contributed by atoms with Crippen LogP contribution in [0, 0.1) is 5.92 Å². The van der Waals surface area contributed by atoms with Crippen molar-refractivity contribution in [3.05, 3.63) is 0 Å². The van der Waals surface area contributed by atoms with Gasteiger partial charge < -0.3 is 5.32 Å². The van der Waals surface area contributed by atoms with Crippen LogP contribution >= 0.6 is 12.4 Å². The highest BCUT2D eigenvalue weighted by molar-refractivity contribution is 5.85. The molecule has 1 saturated heterocycles. The van der Waals surface area contributed by atoms with Gasteiger partial charge in [0.1, 0.15) is 0 Å². The molecule has 1 nitrogen and oxygen atoms in total. The van der Waals surface area contributed by atoms with Crippen LogP contribution in [-0.2, 0) is 0 Å². The summed E-state index contributed by atoms with van der Waals surface area (Å²) in [4.78, 5) is 0. The van der Waals surface area contributed by atoms with Gasteiger partial charge in [0.15, 0.2) is 0 Å². The number of rotatable bonds is 0. The summed E-state index contributed by atoms with van der Waals surface area (Å²) in [5.41, 5.74) is 0. The first kappa shape index (κ1) is 11.2. The standard InChI is InChI=1S/C9H15F2N.ClH/c10-9(11)5-6-12-8-4-2-1-3-7(8)9;/h7-8,12H,1-6H2;1H. The van der Waals surface area contributed by atoms with Crippen molar-refractivity contribution in [3.8, 4) is 0 Å². The van der Waals surface area contributed by atoms with Crippen molar-refractivity contribution in [2.45, 2.75) is 44.1 Å². The molecule has 1 aliphatic carbocycles. The number of alkyl halides is 2. The Kier molecular flexibility index (Phi) is 3.52. The van der Waals surface area contributed by atoms with Gasteiger partial charge in [-0.05, 0) is 12.8 Å². The Morgan fingerprint density at radius 3 is 2.54 bits per heavy atom. The molecule has 1 saturated carbocycles. The summed E-state index contributed by atoms with van der Waals surface area (Å²) in [6.45, 7) is 0.494. The lowest BCUT2D eigenvalue weighted by Crippen LogP contribution is -2.53. The number of halogens is 3. The van der Waals surface area contributed by atoms with Crippen molar-refractivity contribution < 1.29 is 8.78 Å². The molecular formula is C9H16ClF2N. The lowest BCUT2D eigenvalue weighted by molar-refractivity contribution is -0.106. The minimum atomic E-state index is -2.39. The van der Waals surface area contributed by atoms with Crippen molar-refractivity contribution in [1.82, 2.24) is 5.32 Å². The highest BCUT2D eigenvalue weighted by Crippen LogP contribution is 2.40. The van der Waals surface area contributed by atoms with E-state index in [1.54, 1.807) is 0 Å². The van der Waals surface area contributed by atoms with Crippen LogP contribution in [0.2, 0.25) is 0 Å².